The minimum absolute atomic E-state index is 0.127. The number of hydrogen-bond acceptors (Lipinski definition) is 6. The van der Waals surface area contributed by atoms with Gasteiger partial charge in [0.2, 0.25) is 5.91 Å². The summed E-state index contributed by atoms with van der Waals surface area (Å²) in [6.07, 6.45) is 5.06. The fraction of sp³-hybridized carbons (Fsp3) is 0.520. The van der Waals surface area contributed by atoms with E-state index in [1.54, 1.807) is 13.1 Å². The first-order chi connectivity index (χ1) is 15.3. The van der Waals surface area contributed by atoms with Crippen LogP contribution in [0.25, 0.3) is 0 Å². The first-order valence-electron chi connectivity index (χ1n) is 11.0. The maximum Gasteiger partial charge on any atom is 0.237 e. The number of rotatable bonds is 10. The van der Waals surface area contributed by atoms with Crippen molar-refractivity contribution in [1.29, 1.82) is 0 Å². The van der Waals surface area contributed by atoms with Crippen molar-refractivity contribution in [2.75, 3.05) is 32.1 Å². The minimum atomic E-state index is -0.443. The molecule has 0 bridgehead atoms. The second-order valence-electron chi connectivity index (χ2n) is 8.46. The molecule has 0 radical (unpaired) electrons. The molecule has 0 aromatic heterocycles. The Labute approximate surface area is 191 Å². The molecule has 1 aromatic rings. The van der Waals surface area contributed by atoms with Gasteiger partial charge in [0, 0.05) is 50.3 Å². The standard InChI is InChI=1S/C21H29N3O4.C4H8/c1-22-21(28)20(4-3-11-25)23(2)13-18-12-19(6-5-17(18)15-27)24-9-7-16(14-26)8-10-24;1-4(2)3/h5-6,11-12,14-16,20H,3-4,7-10,13H2,1-2H3,(H,22,28);1H2,2-3H3. The summed E-state index contributed by atoms with van der Waals surface area (Å²) in [5, 5.41) is 2.64. The van der Waals surface area contributed by atoms with E-state index in [2.05, 4.69) is 16.8 Å². The summed E-state index contributed by atoms with van der Waals surface area (Å²) in [7, 11) is 3.39. The smallest absolute Gasteiger partial charge is 0.237 e. The Morgan fingerprint density at radius 1 is 1.25 bits per heavy atom. The monoisotopic (exact) mass is 443 g/mol. The molecule has 1 aliphatic rings. The number of hydrogen-bond donors (Lipinski definition) is 1. The molecule has 176 valence electrons. The van der Waals surface area contributed by atoms with Crippen LogP contribution in [-0.4, -0.2) is 62.9 Å². The Bertz CT molecular complexity index is 781. The number of likely N-dealkylation sites (N-methyl/N-ethyl adjacent to an activating group) is 2. The summed E-state index contributed by atoms with van der Waals surface area (Å²) in [5.41, 5.74) is 3.61. The Kier molecular flexibility index (Phi) is 12.2. The highest BCUT2D eigenvalue weighted by molar-refractivity contribution is 5.82. The van der Waals surface area contributed by atoms with E-state index in [1.807, 2.05) is 37.9 Å². The number of nitrogens with zero attached hydrogens (tertiary/aromatic N) is 2. The number of carbonyl (C=O) groups excluding carboxylic acids is 4. The van der Waals surface area contributed by atoms with Crippen LogP contribution in [0, 0.1) is 5.92 Å². The number of amides is 1. The molecule has 0 aliphatic carbocycles. The zero-order valence-electron chi connectivity index (χ0n) is 19.8. The number of allylic oxidation sites excluding steroid dienone is 1. The van der Waals surface area contributed by atoms with Crippen molar-refractivity contribution in [3.05, 3.63) is 41.5 Å². The molecule has 32 heavy (non-hydrogen) atoms. The van der Waals surface area contributed by atoms with Gasteiger partial charge in [0.15, 0.2) is 0 Å². The zero-order valence-corrected chi connectivity index (χ0v) is 19.8. The third kappa shape index (κ3) is 8.75. The fourth-order valence-corrected chi connectivity index (χ4v) is 3.66. The van der Waals surface area contributed by atoms with Gasteiger partial charge in [-0.1, -0.05) is 5.57 Å². The lowest BCUT2D eigenvalue weighted by molar-refractivity contribution is -0.126. The molecule has 1 saturated heterocycles. The molecule has 1 fully saturated rings. The van der Waals surface area contributed by atoms with E-state index in [4.69, 9.17) is 0 Å². The van der Waals surface area contributed by atoms with Gasteiger partial charge in [-0.25, -0.2) is 0 Å². The summed E-state index contributed by atoms with van der Waals surface area (Å²) in [4.78, 5) is 49.5. The molecule has 1 aromatic carbocycles. The molecule has 1 N–H and O–H groups in total. The van der Waals surface area contributed by atoms with E-state index >= 15 is 0 Å². The van der Waals surface area contributed by atoms with Crippen LogP contribution in [0.15, 0.2) is 30.4 Å². The number of carbonyl (C=O) groups is 4. The number of aldehydes is 3. The lowest BCUT2D eigenvalue weighted by atomic mass is 9.97. The van der Waals surface area contributed by atoms with Crippen LogP contribution in [0.5, 0.6) is 0 Å². The molecule has 1 aliphatic heterocycles. The van der Waals surface area contributed by atoms with Crippen LogP contribution >= 0.6 is 0 Å². The average molecular weight is 444 g/mol. The third-order valence-electron chi connectivity index (χ3n) is 5.41. The molecular formula is C25H37N3O4. The minimum Gasteiger partial charge on any atom is -0.371 e. The maximum atomic E-state index is 12.2. The van der Waals surface area contributed by atoms with Gasteiger partial charge in [-0.3, -0.25) is 14.5 Å². The van der Waals surface area contributed by atoms with E-state index in [0.29, 0.717) is 24.9 Å². The molecule has 7 heteroatoms. The third-order valence-corrected chi connectivity index (χ3v) is 5.41. The van der Waals surface area contributed by atoms with E-state index in [-0.39, 0.29) is 11.8 Å². The van der Waals surface area contributed by atoms with Crippen molar-refractivity contribution < 1.29 is 19.2 Å². The van der Waals surface area contributed by atoms with Crippen LogP contribution in [-0.2, 0) is 20.9 Å². The Morgan fingerprint density at radius 3 is 2.38 bits per heavy atom. The van der Waals surface area contributed by atoms with Gasteiger partial charge < -0.3 is 19.8 Å². The molecule has 0 spiro atoms. The molecule has 1 heterocycles. The zero-order chi connectivity index (χ0) is 24.1. The lowest BCUT2D eigenvalue weighted by Crippen LogP contribution is -2.43. The maximum absolute atomic E-state index is 12.2. The molecule has 0 saturated carbocycles. The molecule has 1 atom stereocenters. The van der Waals surface area contributed by atoms with E-state index in [1.165, 1.54) is 5.57 Å². The van der Waals surface area contributed by atoms with E-state index in [9.17, 15) is 19.2 Å². The molecule has 1 unspecified atom stereocenters. The second-order valence-corrected chi connectivity index (χ2v) is 8.46. The largest absolute Gasteiger partial charge is 0.371 e. The number of nitrogens with one attached hydrogen (secondary N) is 1. The molecule has 1 amide bonds. The lowest BCUT2D eigenvalue weighted by Gasteiger charge is -2.32. The topological polar surface area (TPSA) is 86.8 Å². The number of piperidine rings is 1. The van der Waals surface area contributed by atoms with Crippen molar-refractivity contribution in [2.24, 2.45) is 5.92 Å². The predicted octanol–water partition coefficient (Wildman–Crippen LogP) is 3.02. The highest BCUT2D eigenvalue weighted by Gasteiger charge is 2.24. The van der Waals surface area contributed by atoms with Crippen LogP contribution in [0.1, 0.15) is 55.5 Å². The highest BCUT2D eigenvalue weighted by Crippen LogP contribution is 2.25. The average Bonchev–Trinajstić information content (AvgIpc) is 2.78. The summed E-state index contributed by atoms with van der Waals surface area (Å²) in [6, 6.07) is 5.28. The molecular weight excluding hydrogens is 406 g/mol. The van der Waals surface area contributed by atoms with Gasteiger partial charge in [0.05, 0.1) is 6.04 Å². The van der Waals surface area contributed by atoms with Crippen LogP contribution in [0.2, 0.25) is 0 Å². The van der Waals surface area contributed by atoms with Crippen molar-refractivity contribution in [2.45, 2.75) is 52.1 Å². The number of benzene rings is 1. The van der Waals surface area contributed by atoms with Gasteiger partial charge in [0.25, 0.3) is 0 Å². The Balaban J connectivity index is 0.00000118. The van der Waals surface area contributed by atoms with Crippen molar-refractivity contribution >= 4 is 30.5 Å². The Hall–Kier alpha value is -2.80. The summed E-state index contributed by atoms with van der Waals surface area (Å²) < 4.78 is 0. The summed E-state index contributed by atoms with van der Waals surface area (Å²) in [5.74, 6) is -0.0219. The van der Waals surface area contributed by atoms with Gasteiger partial charge in [0.1, 0.15) is 18.9 Å². The normalized spacial score (nSPS) is 14.7. The fourth-order valence-electron chi connectivity index (χ4n) is 3.66. The number of anilines is 1. The van der Waals surface area contributed by atoms with Crippen molar-refractivity contribution in [3.63, 3.8) is 0 Å². The molecule has 7 nitrogen and oxygen atoms in total. The SMILES string of the molecule is C=C(C)C.CNC(=O)C(CCC=O)N(C)Cc1cc(N2CCC(C=O)CC2)ccc1C=O. The van der Waals surface area contributed by atoms with Crippen molar-refractivity contribution in [3.8, 4) is 0 Å². The van der Waals surface area contributed by atoms with E-state index < -0.39 is 6.04 Å². The summed E-state index contributed by atoms with van der Waals surface area (Å²) >= 11 is 0. The predicted molar refractivity (Wildman–Crippen MR) is 128 cm³/mol. The second kappa shape index (κ2) is 14.3. The van der Waals surface area contributed by atoms with Gasteiger partial charge in [-0.2, -0.15) is 0 Å². The van der Waals surface area contributed by atoms with Gasteiger partial charge in [-0.05, 0) is 63.9 Å². The molecule has 2 rings (SSSR count). The van der Waals surface area contributed by atoms with Gasteiger partial charge in [-0.15, -0.1) is 6.58 Å². The first-order valence-corrected chi connectivity index (χ1v) is 11.0. The van der Waals surface area contributed by atoms with Crippen molar-refractivity contribution in [1.82, 2.24) is 10.2 Å². The van der Waals surface area contributed by atoms with Crippen LogP contribution in [0.3, 0.4) is 0 Å². The quantitative estimate of drug-likeness (QED) is 0.442. The van der Waals surface area contributed by atoms with Crippen LogP contribution < -0.4 is 10.2 Å². The highest BCUT2D eigenvalue weighted by atomic mass is 16.2. The van der Waals surface area contributed by atoms with Gasteiger partial charge >= 0.3 is 0 Å². The van der Waals surface area contributed by atoms with Crippen LogP contribution in [0.4, 0.5) is 5.69 Å². The Morgan fingerprint density at radius 2 is 1.88 bits per heavy atom. The first kappa shape index (κ1) is 27.2. The summed E-state index contributed by atoms with van der Waals surface area (Å²) in [6.45, 7) is 9.53. The van der Waals surface area contributed by atoms with E-state index in [0.717, 1.165) is 56.0 Å².